The predicted octanol–water partition coefficient (Wildman–Crippen LogP) is 3.21. The van der Waals surface area contributed by atoms with Crippen LogP contribution in [0.25, 0.3) is 10.9 Å². The Balaban J connectivity index is 2.05. The van der Waals surface area contributed by atoms with Crippen LogP contribution in [0.3, 0.4) is 0 Å². The fourth-order valence-electron chi connectivity index (χ4n) is 2.34. The zero-order chi connectivity index (χ0) is 14.8. The summed E-state index contributed by atoms with van der Waals surface area (Å²) in [7, 11) is 1.92. The van der Waals surface area contributed by atoms with Crippen molar-refractivity contribution in [1.29, 1.82) is 0 Å². The van der Waals surface area contributed by atoms with Gasteiger partial charge in [0.05, 0.1) is 5.52 Å². The Kier molecular flexibility index (Phi) is 3.62. The number of hydrogen-bond donors (Lipinski definition) is 1. The number of rotatable bonds is 3. The Hall–Kier alpha value is -2.33. The van der Waals surface area contributed by atoms with Crippen LogP contribution in [0.15, 0.2) is 53.3 Å². The summed E-state index contributed by atoms with van der Waals surface area (Å²) in [6.45, 7) is 0.676. The molecule has 0 amide bonds. The Morgan fingerprint density at radius 3 is 2.71 bits per heavy atom. The summed E-state index contributed by atoms with van der Waals surface area (Å²) in [6.07, 6.45) is 0. The molecule has 5 heteroatoms. The Morgan fingerprint density at radius 1 is 1.19 bits per heavy atom. The van der Waals surface area contributed by atoms with Crippen molar-refractivity contribution in [1.82, 2.24) is 9.97 Å². The van der Waals surface area contributed by atoms with Gasteiger partial charge in [0, 0.05) is 24.0 Å². The third-order valence-corrected chi connectivity index (χ3v) is 3.53. The third-order valence-electron chi connectivity index (χ3n) is 3.30. The van der Waals surface area contributed by atoms with Crippen LogP contribution in [-0.2, 0) is 6.54 Å². The van der Waals surface area contributed by atoms with Crippen LogP contribution in [-0.4, -0.2) is 17.0 Å². The molecule has 0 unspecified atom stereocenters. The van der Waals surface area contributed by atoms with Gasteiger partial charge in [-0.15, -0.1) is 0 Å². The fourth-order valence-corrected chi connectivity index (χ4v) is 2.51. The lowest BCUT2D eigenvalue weighted by Crippen LogP contribution is -2.22. The molecule has 0 saturated heterocycles. The number of H-pyrrole nitrogens is 1. The number of hydrogen-bond acceptors (Lipinski definition) is 3. The molecule has 0 aliphatic carbocycles. The van der Waals surface area contributed by atoms with Crippen LogP contribution in [0.1, 0.15) is 5.56 Å². The normalized spacial score (nSPS) is 10.8. The molecule has 0 radical (unpaired) electrons. The van der Waals surface area contributed by atoms with Gasteiger partial charge in [0.1, 0.15) is 5.82 Å². The quantitative estimate of drug-likeness (QED) is 0.808. The monoisotopic (exact) mass is 299 g/mol. The van der Waals surface area contributed by atoms with Crippen LogP contribution in [0.5, 0.6) is 0 Å². The maximum absolute atomic E-state index is 11.7. The van der Waals surface area contributed by atoms with Gasteiger partial charge in [0.25, 0.3) is 0 Å². The average Bonchev–Trinajstić information content (AvgIpc) is 2.47. The Bertz CT molecular complexity index is 830. The first-order valence-corrected chi connectivity index (χ1v) is 6.96. The zero-order valence-electron chi connectivity index (χ0n) is 11.5. The number of nitrogens with zero attached hydrogens (tertiary/aromatic N) is 2. The van der Waals surface area contributed by atoms with Crippen molar-refractivity contribution in [3.63, 3.8) is 0 Å². The van der Waals surface area contributed by atoms with Gasteiger partial charge in [-0.25, -0.2) is 4.79 Å². The first-order chi connectivity index (χ1) is 10.1. The Morgan fingerprint density at radius 2 is 1.95 bits per heavy atom. The molecule has 21 heavy (non-hydrogen) atoms. The molecule has 1 heterocycles. The predicted molar refractivity (Wildman–Crippen MR) is 85.9 cm³/mol. The molecule has 0 saturated carbocycles. The summed E-state index contributed by atoms with van der Waals surface area (Å²) in [6, 6.07) is 15.5. The van der Waals surface area contributed by atoms with Crippen LogP contribution < -0.4 is 10.6 Å². The lowest BCUT2D eigenvalue weighted by atomic mass is 10.2. The highest BCUT2D eigenvalue weighted by Crippen LogP contribution is 2.24. The van der Waals surface area contributed by atoms with Crippen molar-refractivity contribution in [3.05, 3.63) is 69.6 Å². The summed E-state index contributed by atoms with van der Waals surface area (Å²) in [5, 5.41) is 1.46. The number of aromatic amines is 1. The molecule has 106 valence electrons. The number of halogens is 1. The second-order valence-electron chi connectivity index (χ2n) is 4.90. The van der Waals surface area contributed by atoms with E-state index in [1.54, 1.807) is 12.1 Å². The van der Waals surface area contributed by atoms with E-state index in [1.165, 1.54) is 0 Å². The first kappa shape index (κ1) is 13.6. The van der Waals surface area contributed by atoms with E-state index in [1.807, 2.05) is 48.3 Å². The lowest BCUT2D eigenvalue weighted by molar-refractivity contribution is 0.892. The number of fused-ring (bicyclic) bond motifs is 1. The van der Waals surface area contributed by atoms with E-state index in [9.17, 15) is 4.79 Å². The molecule has 0 fully saturated rings. The minimum absolute atomic E-state index is 0.375. The van der Waals surface area contributed by atoms with Crippen LogP contribution in [0.2, 0.25) is 5.02 Å². The number of benzene rings is 2. The van der Waals surface area contributed by atoms with Gasteiger partial charge in [-0.2, -0.15) is 4.98 Å². The molecular weight excluding hydrogens is 286 g/mol. The topological polar surface area (TPSA) is 49.0 Å². The van der Waals surface area contributed by atoms with Gasteiger partial charge in [0.2, 0.25) is 0 Å². The maximum Gasteiger partial charge on any atom is 0.347 e. The number of anilines is 1. The van der Waals surface area contributed by atoms with Crippen molar-refractivity contribution in [2.45, 2.75) is 6.54 Å². The zero-order valence-corrected chi connectivity index (χ0v) is 12.3. The molecule has 1 N–H and O–H groups in total. The van der Waals surface area contributed by atoms with E-state index in [4.69, 9.17) is 11.6 Å². The largest absolute Gasteiger partial charge is 0.355 e. The summed E-state index contributed by atoms with van der Waals surface area (Å²) in [5.41, 5.74) is 1.47. The molecule has 1 aromatic heterocycles. The van der Waals surface area contributed by atoms with Gasteiger partial charge >= 0.3 is 5.69 Å². The van der Waals surface area contributed by atoms with Gasteiger partial charge in [-0.05, 0) is 23.8 Å². The van der Waals surface area contributed by atoms with Crippen molar-refractivity contribution in [3.8, 4) is 0 Å². The number of nitrogens with one attached hydrogen (secondary N) is 1. The number of aromatic nitrogens is 2. The van der Waals surface area contributed by atoms with E-state index in [-0.39, 0.29) is 5.69 Å². The molecule has 0 aliphatic rings. The molecule has 3 aromatic rings. The molecule has 0 aliphatic heterocycles. The maximum atomic E-state index is 11.7. The van der Waals surface area contributed by atoms with E-state index in [0.717, 1.165) is 10.9 Å². The van der Waals surface area contributed by atoms with Crippen LogP contribution in [0, 0.1) is 0 Å². The third kappa shape index (κ3) is 2.90. The van der Waals surface area contributed by atoms with Crippen LogP contribution in [0.4, 0.5) is 5.82 Å². The molecule has 0 spiro atoms. The SMILES string of the molecule is CN(Cc1ccccc1)c1nc(=O)[nH]c2cc(Cl)ccc12. The highest BCUT2D eigenvalue weighted by Gasteiger charge is 2.10. The van der Waals surface area contributed by atoms with E-state index >= 15 is 0 Å². The first-order valence-electron chi connectivity index (χ1n) is 6.58. The minimum Gasteiger partial charge on any atom is -0.355 e. The molecule has 3 rings (SSSR count). The van der Waals surface area contributed by atoms with Crippen molar-refractivity contribution in [2.24, 2.45) is 0 Å². The van der Waals surface area contributed by atoms with Gasteiger partial charge < -0.3 is 9.88 Å². The van der Waals surface area contributed by atoms with Crippen LogP contribution >= 0.6 is 11.6 Å². The average molecular weight is 300 g/mol. The summed E-state index contributed by atoms with van der Waals surface area (Å²) >= 11 is 5.98. The van der Waals surface area contributed by atoms with Crippen molar-refractivity contribution in [2.75, 3.05) is 11.9 Å². The van der Waals surface area contributed by atoms with Gasteiger partial charge in [0.15, 0.2) is 0 Å². The highest BCUT2D eigenvalue weighted by molar-refractivity contribution is 6.31. The minimum atomic E-state index is -0.375. The second-order valence-corrected chi connectivity index (χ2v) is 5.33. The molecule has 0 atom stereocenters. The van der Waals surface area contributed by atoms with Gasteiger partial charge in [-0.1, -0.05) is 41.9 Å². The van der Waals surface area contributed by atoms with Crippen molar-refractivity contribution < 1.29 is 0 Å². The summed E-state index contributed by atoms with van der Waals surface area (Å²) < 4.78 is 0. The lowest BCUT2D eigenvalue weighted by Gasteiger charge is -2.19. The Labute approximate surface area is 127 Å². The smallest absolute Gasteiger partial charge is 0.347 e. The summed E-state index contributed by atoms with van der Waals surface area (Å²) in [4.78, 5) is 20.5. The second kappa shape index (κ2) is 5.58. The fraction of sp³-hybridized carbons (Fsp3) is 0.125. The van der Waals surface area contributed by atoms with E-state index in [0.29, 0.717) is 22.9 Å². The highest BCUT2D eigenvalue weighted by atomic mass is 35.5. The standard InChI is InChI=1S/C16H14ClN3O/c1-20(10-11-5-3-2-4-6-11)15-13-8-7-12(17)9-14(13)18-16(21)19-15/h2-9H,10H2,1H3,(H,18,19,21). The molecular formula is C16H14ClN3O. The molecule has 0 bridgehead atoms. The molecule has 4 nitrogen and oxygen atoms in total. The van der Waals surface area contributed by atoms with Gasteiger partial charge in [-0.3, -0.25) is 0 Å². The van der Waals surface area contributed by atoms with E-state index in [2.05, 4.69) is 9.97 Å². The van der Waals surface area contributed by atoms with Crippen molar-refractivity contribution >= 4 is 28.3 Å². The summed E-state index contributed by atoms with van der Waals surface area (Å²) in [5.74, 6) is 0.647. The molecule has 2 aromatic carbocycles. The van der Waals surface area contributed by atoms with E-state index < -0.39 is 0 Å².